The summed E-state index contributed by atoms with van der Waals surface area (Å²) in [6.07, 6.45) is 3.58. The second-order valence-corrected chi connectivity index (χ2v) is 8.77. The molecule has 7 heteroatoms. The first-order chi connectivity index (χ1) is 15.7. The van der Waals surface area contributed by atoms with Gasteiger partial charge < -0.3 is 14.4 Å². The third kappa shape index (κ3) is 3.80. The second kappa shape index (κ2) is 8.59. The number of ether oxygens (including phenoxy) is 2. The van der Waals surface area contributed by atoms with Crippen LogP contribution in [0.2, 0.25) is 0 Å². The normalized spacial score (nSPS) is 12.8. The maximum absolute atomic E-state index is 12.8. The van der Waals surface area contributed by atoms with Crippen molar-refractivity contribution in [2.75, 3.05) is 25.7 Å². The Morgan fingerprint density at radius 1 is 1.09 bits per heavy atom. The van der Waals surface area contributed by atoms with Crippen molar-refractivity contribution in [2.45, 2.75) is 19.3 Å². The molecule has 5 rings (SSSR count). The summed E-state index contributed by atoms with van der Waals surface area (Å²) in [5.41, 5.74) is 5.14. The highest BCUT2D eigenvalue weighted by Crippen LogP contribution is 2.34. The molecule has 0 spiro atoms. The number of carbonyl (C=O) groups excluding carboxylic acids is 1. The summed E-state index contributed by atoms with van der Waals surface area (Å²) >= 11 is 1.62. The highest BCUT2D eigenvalue weighted by Gasteiger charge is 2.25. The van der Waals surface area contributed by atoms with Crippen LogP contribution in [0.15, 0.2) is 54.2 Å². The standard InChI is InChI=1S/C25H23N3O3S/c1-30-23-13-19-20(26-15-27-21(19)14-24(23)31-2)11-16-5-6-22-17(10-16)7-8-28(22)25(29)12-18-4-3-9-32-18/h3-6,9-10,13-15H,7-8,11-12H2,1-2H3. The number of aromatic nitrogens is 2. The van der Waals surface area contributed by atoms with Crippen molar-refractivity contribution in [3.8, 4) is 11.5 Å². The zero-order valence-corrected chi connectivity index (χ0v) is 18.8. The van der Waals surface area contributed by atoms with Crippen LogP contribution < -0.4 is 14.4 Å². The SMILES string of the molecule is COc1cc2ncnc(Cc3ccc4c(c3)CCN4C(=O)Cc3cccs3)c2cc1OC. The summed E-state index contributed by atoms with van der Waals surface area (Å²) in [4.78, 5) is 24.8. The van der Waals surface area contributed by atoms with Crippen LogP contribution in [0.1, 0.15) is 21.7 Å². The van der Waals surface area contributed by atoms with Crippen molar-refractivity contribution in [2.24, 2.45) is 0 Å². The van der Waals surface area contributed by atoms with E-state index in [1.54, 1.807) is 31.9 Å². The van der Waals surface area contributed by atoms with Crippen LogP contribution in [0, 0.1) is 0 Å². The Labute approximate surface area is 190 Å². The van der Waals surface area contributed by atoms with Crippen LogP contribution in [0.25, 0.3) is 10.9 Å². The molecule has 1 aliphatic heterocycles. The lowest BCUT2D eigenvalue weighted by Crippen LogP contribution is -2.30. The van der Waals surface area contributed by atoms with Gasteiger partial charge >= 0.3 is 0 Å². The number of amides is 1. The number of thiophene rings is 1. The number of benzene rings is 2. The molecule has 0 N–H and O–H groups in total. The molecule has 0 unspecified atom stereocenters. The Bertz CT molecular complexity index is 1290. The van der Waals surface area contributed by atoms with E-state index in [4.69, 9.17) is 9.47 Å². The van der Waals surface area contributed by atoms with Gasteiger partial charge in [-0.25, -0.2) is 9.97 Å². The Hall–Kier alpha value is -3.45. The molecule has 1 aliphatic rings. The number of nitrogens with zero attached hydrogens (tertiary/aromatic N) is 3. The first-order valence-corrected chi connectivity index (χ1v) is 11.3. The summed E-state index contributed by atoms with van der Waals surface area (Å²) < 4.78 is 10.9. The minimum atomic E-state index is 0.154. The number of carbonyl (C=O) groups is 1. The largest absolute Gasteiger partial charge is 0.493 e. The lowest BCUT2D eigenvalue weighted by Gasteiger charge is -2.17. The van der Waals surface area contributed by atoms with E-state index in [1.807, 2.05) is 34.5 Å². The van der Waals surface area contributed by atoms with E-state index in [-0.39, 0.29) is 5.91 Å². The highest BCUT2D eigenvalue weighted by molar-refractivity contribution is 7.10. The van der Waals surface area contributed by atoms with Gasteiger partial charge in [0.15, 0.2) is 11.5 Å². The van der Waals surface area contributed by atoms with Gasteiger partial charge in [0.25, 0.3) is 0 Å². The molecule has 2 aromatic heterocycles. The van der Waals surface area contributed by atoms with Gasteiger partial charge in [-0.15, -0.1) is 11.3 Å². The average molecular weight is 446 g/mol. The van der Waals surface area contributed by atoms with E-state index >= 15 is 0 Å². The fraction of sp³-hybridized carbons (Fsp3) is 0.240. The van der Waals surface area contributed by atoms with Crippen molar-refractivity contribution in [1.82, 2.24) is 9.97 Å². The van der Waals surface area contributed by atoms with Gasteiger partial charge in [-0.3, -0.25) is 4.79 Å². The Balaban J connectivity index is 1.41. The highest BCUT2D eigenvalue weighted by atomic mass is 32.1. The van der Waals surface area contributed by atoms with E-state index in [9.17, 15) is 4.79 Å². The molecule has 0 saturated heterocycles. The van der Waals surface area contributed by atoms with E-state index in [1.165, 1.54) is 5.56 Å². The van der Waals surface area contributed by atoms with Crippen molar-refractivity contribution >= 4 is 33.8 Å². The van der Waals surface area contributed by atoms with Gasteiger partial charge in [0.2, 0.25) is 5.91 Å². The molecule has 32 heavy (non-hydrogen) atoms. The quantitative estimate of drug-likeness (QED) is 0.439. The number of rotatable bonds is 6. The van der Waals surface area contributed by atoms with E-state index in [0.717, 1.165) is 45.7 Å². The van der Waals surface area contributed by atoms with Crippen LogP contribution in [0.5, 0.6) is 11.5 Å². The fourth-order valence-corrected chi connectivity index (χ4v) is 4.95. The van der Waals surface area contributed by atoms with E-state index < -0.39 is 0 Å². The molecule has 0 saturated carbocycles. The van der Waals surface area contributed by atoms with E-state index in [2.05, 4.69) is 28.2 Å². The maximum Gasteiger partial charge on any atom is 0.232 e. The van der Waals surface area contributed by atoms with Gasteiger partial charge in [-0.05, 0) is 41.1 Å². The third-order valence-corrected chi connectivity index (χ3v) is 6.72. The molecule has 3 heterocycles. The molecule has 6 nitrogen and oxygen atoms in total. The van der Waals surface area contributed by atoms with Gasteiger partial charge in [0, 0.05) is 35.0 Å². The summed E-state index contributed by atoms with van der Waals surface area (Å²) in [7, 11) is 3.24. The Morgan fingerprint density at radius 2 is 1.94 bits per heavy atom. The Kier molecular flexibility index (Phi) is 5.49. The first-order valence-electron chi connectivity index (χ1n) is 10.5. The predicted octanol–water partition coefficient (Wildman–Crippen LogP) is 4.43. The van der Waals surface area contributed by atoms with Gasteiger partial charge in [-0.1, -0.05) is 18.2 Å². The zero-order chi connectivity index (χ0) is 22.1. The summed E-state index contributed by atoms with van der Waals surface area (Å²) in [5.74, 6) is 1.46. The molecule has 0 fully saturated rings. The van der Waals surface area contributed by atoms with Crippen LogP contribution >= 0.6 is 11.3 Å². The maximum atomic E-state index is 12.8. The zero-order valence-electron chi connectivity index (χ0n) is 18.0. The number of fused-ring (bicyclic) bond motifs is 2. The molecule has 1 amide bonds. The van der Waals surface area contributed by atoms with Gasteiger partial charge in [-0.2, -0.15) is 0 Å². The van der Waals surface area contributed by atoms with Crippen LogP contribution in [0.3, 0.4) is 0 Å². The fourth-order valence-electron chi connectivity index (χ4n) is 4.25. The van der Waals surface area contributed by atoms with Crippen molar-refractivity contribution in [3.63, 3.8) is 0 Å². The lowest BCUT2D eigenvalue weighted by molar-refractivity contribution is -0.117. The molecule has 0 bridgehead atoms. The average Bonchev–Trinajstić information content (AvgIpc) is 3.48. The molecule has 4 aromatic rings. The molecular formula is C25H23N3O3S. The first kappa shape index (κ1) is 20.5. The number of hydrogen-bond acceptors (Lipinski definition) is 6. The summed E-state index contributed by atoms with van der Waals surface area (Å²) in [6, 6.07) is 14.2. The lowest BCUT2D eigenvalue weighted by atomic mass is 10.0. The second-order valence-electron chi connectivity index (χ2n) is 7.74. The molecule has 2 aromatic carbocycles. The number of hydrogen-bond donors (Lipinski definition) is 0. The van der Waals surface area contributed by atoms with Crippen LogP contribution in [-0.2, 0) is 24.1 Å². The van der Waals surface area contributed by atoms with Crippen LogP contribution in [0.4, 0.5) is 5.69 Å². The van der Waals surface area contributed by atoms with E-state index in [0.29, 0.717) is 24.3 Å². The van der Waals surface area contributed by atoms with Gasteiger partial charge in [0.05, 0.1) is 31.9 Å². The molecule has 0 radical (unpaired) electrons. The Morgan fingerprint density at radius 3 is 2.72 bits per heavy atom. The summed E-state index contributed by atoms with van der Waals surface area (Å²) in [5, 5.41) is 2.95. The molecular weight excluding hydrogens is 422 g/mol. The third-order valence-electron chi connectivity index (χ3n) is 5.84. The number of anilines is 1. The number of methoxy groups -OCH3 is 2. The topological polar surface area (TPSA) is 64.6 Å². The van der Waals surface area contributed by atoms with Crippen molar-refractivity contribution < 1.29 is 14.3 Å². The predicted molar refractivity (Wildman–Crippen MR) is 126 cm³/mol. The summed E-state index contributed by atoms with van der Waals surface area (Å²) in [6.45, 7) is 0.733. The van der Waals surface area contributed by atoms with Crippen molar-refractivity contribution in [1.29, 1.82) is 0 Å². The van der Waals surface area contributed by atoms with Crippen LogP contribution in [-0.4, -0.2) is 36.6 Å². The minimum absolute atomic E-state index is 0.154. The smallest absolute Gasteiger partial charge is 0.232 e. The monoisotopic (exact) mass is 445 g/mol. The molecule has 0 atom stereocenters. The van der Waals surface area contributed by atoms with Crippen molar-refractivity contribution in [3.05, 3.63) is 75.9 Å². The van der Waals surface area contributed by atoms with Gasteiger partial charge in [0.1, 0.15) is 6.33 Å². The molecule has 0 aliphatic carbocycles. The minimum Gasteiger partial charge on any atom is -0.493 e. The molecule has 162 valence electrons.